The molecule has 0 aromatic heterocycles. The maximum atomic E-state index is 12.1. The van der Waals surface area contributed by atoms with Crippen LogP contribution in [0.25, 0.3) is 0 Å². The third-order valence-electron chi connectivity index (χ3n) is 2.72. The molecule has 0 radical (unpaired) electrons. The Kier molecular flexibility index (Phi) is 5.57. The normalized spacial score (nSPS) is 11.5. The molecule has 0 aliphatic carbocycles. The lowest BCUT2D eigenvalue weighted by Crippen LogP contribution is -2.18. The van der Waals surface area contributed by atoms with Crippen molar-refractivity contribution in [2.75, 3.05) is 6.61 Å². The maximum Gasteiger partial charge on any atom is 0.276 e. The number of hydrogen-bond donors (Lipinski definition) is 1. The van der Waals surface area contributed by atoms with Crippen molar-refractivity contribution in [3.05, 3.63) is 58.6 Å². The van der Waals surface area contributed by atoms with E-state index in [1.54, 1.807) is 24.3 Å². The van der Waals surface area contributed by atoms with Crippen LogP contribution in [0, 0.1) is 0 Å². The van der Waals surface area contributed by atoms with E-state index in [1.807, 2.05) is 19.1 Å². The minimum Gasteiger partial charge on any atom is -0.493 e. The molecule has 1 N–H and O–H groups in total. The largest absolute Gasteiger partial charge is 0.493 e. The molecule has 2 rings (SSSR count). The molecule has 5 nitrogen and oxygen atoms in total. The molecule has 0 spiro atoms. The maximum absolute atomic E-state index is 12.1. The molecule has 22 heavy (non-hydrogen) atoms. The summed E-state index contributed by atoms with van der Waals surface area (Å²) in [4.78, 5) is 2.33. The Hall–Kier alpha value is -1.86. The number of halogens is 1. The standard InChI is InChI=1S/C15H15BrN2O3S/c1-2-21-15-6-4-3-5-12(15)11-17-18-22(19,20)14-9-7-13(16)8-10-14/h3-11,18H,2H2,1H3/b17-11-. The van der Waals surface area contributed by atoms with E-state index < -0.39 is 10.0 Å². The summed E-state index contributed by atoms with van der Waals surface area (Å²) < 4.78 is 30.4. The van der Waals surface area contributed by atoms with E-state index >= 15 is 0 Å². The lowest BCUT2D eigenvalue weighted by Gasteiger charge is -2.06. The van der Waals surface area contributed by atoms with Crippen molar-refractivity contribution in [2.24, 2.45) is 5.10 Å². The SMILES string of the molecule is CCOc1ccccc1/C=N\NS(=O)(=O)c1ccc(Br)cc1. The van der Waals surface area contributed by atoms with Crippen molar-refractivity contribution < 1.29 is 13.2 Å². The van der Waals surface area contributed by atoms with Gasteiger partial charge in [-0.15, -0.1) is 0 Å². The number of para-hydroxylation sites is 1. The predicted octanol–water partition coefficient (Wildman–Crippen LogP) is 3.16. The number of ether oxygens (including phenoxy) is 1. The summed E-state index contributed by atoms with van der Waals surface area (Å²) in [5.41, 5.74) is 0.697. The number of nitrogens with zero attached hydrogens (tertiary/aromatic N) is 1. The Labute approximate surface area is 138 Å². The van der Waals surface area contributed by atoms with E-state index in [4.69, 9.17) is 4.74 Å². The molecular formula is C15H15BrN2O3S. The fraction of sp³-hybridized carbons (Fsp3) is 0.133. The Morgan fingerprint density at radius 2 is 1.86 bits per heavy atom. The molecule has 0 aliphatic rings. The van der Waals surface area contributed by atoms with Crippen LogP contribution in [0.4, 0.5) is 0 Å². The third-order valence-corrected chi connectivity index (χ3v) is 4.49. The minimum absolute atomic E-state index is 0.144. The second-order valence-corrected chi connectivity index (χ2v) is 6.85. The van der Waals surface area contributed by atoms with Gasteiger partial charge in [0.25, 0.3) is 10.0 Å². The van der Waals surface area contributed by atoms with Gasteiger partial charge in [-0.25, -0.2) is 4.83 Å². The molecule has 0 heterocycles. The van der Waals surface area contributed by atoms with Crippen LogP contribution >= 0.6 is 15.9 Å². The van der Waals surface area contributed by atoms with Crippen LogP contribution in [-0.4, -0.2) is 21.2 Å². The number of benzene rings is 2. The predicted molar refractivity (Wildman–Crippen MR) is 89.7 cm³/mol. The molecule has 7 heteroatoms. The topological polar surface area (TPSA) is 67.8 Å². The van der Waals surface area contributed by atoms with Crippen LogP contribution in [-0.2, 0) is 10.0 Å². The molecule has 2 aromatic carbocycles. The zero-order chi connectivity index (χ0) is 16.0. The molecule has 116 valence electrons. The highest BCUT2D eigenvalue weighted by molar-refractivity contribution is 9.10. The molecule has 0 bridgehead atoms. The summed E-state index contributed by atoms with van der Waals surface area (Å²) in [6.07, 6.45) is 1.42. The number of hydrazone groups is 1. The second kappa shape index (κ2) is 7.42. The molecule has 0 saturated heterocycles. The first-order valence-electron chi connectivity index (χ1n) is 6.55. The first kappa shape index (κ1) is 16.5. The highest BCUT2D eigenvalue weighted by Crippen LogP contribution is 2.16. The molecule has 0 amide bonds. The van der Waals surface area contributed by atoms with Gasteiger partial charge in [0, 0.05) is 10.0 Å². The fourth-order valence-electron chi connectivity index (χ4n) is 1.71. The van der Waals surface area contributed by atoms with Crippen LogP contribution in [0.3, 0.4) is 0 Å². The van der Waals surface area contributed by atoms with Gasteiger partial charge in [-0.2, -0.15) is 13.5 Å². The Balaban J connectivity index is 2.13. The fourth-order valence-corrected chi connectivity index (χ4v) is 2.76. The monoisotopic (exact) mass is 382 g/mol. The quantitative estimate of drug-likeness (QED) is 0.616. The summed E-state index contributed by atoms with van der Waals surface area (Å²) in [6, 6.07) is 13.6. The van der Waals surface area contributed by atoms with Gasteiger partial charge in [0.1, 0.15) is 5.75 Å². The average molecular weight is 383 g/mol. The highest BCUT2D eigenvalue weighted by Gasteiger charge is 2.12. The van der Waals surface area contributed by atoms with Gasteiger partial charge in [-0.1, -0.05) is 28.1 Å². The first-order valence-corrected chi connectivity index (χ1v) is 8.83. The molecule has 0 fully saturated rings. The molecule has 0 atom stereocenters. The van der Waals surface area contributed by atoms with Gasteiger partial charge in [0.05, 0.1) is 17.7 Å². The first-order chi connectivity index (χ1) is 10.5. The molecule has 0 aliphatic heterocycles. The van der Waals surface area contributed by atoms with Gasteiger partial charge in [-0.3, -0.25) is 0 Å². The number of hydrogen-bond acceptors (Lipinski definition) is 4. The van der Waals surface area contributed by atoms with E-state index in [1.165, 1.54) is 18.3 Å². The summed E-state index contributed by atoms with van der Waals surface area (Å²) in [5.74, 6) is 0.650. The Morgan fingerprint density at radius 3 is 2.55 bits per heavy atom. The zero-order valence-electron chi connectivity index (χ0n) is 11.9. The Bertz CT molecular complexity index is 759. The summed E-state index contributed by atoms with van der Waals surface area (Å²) in [7, 11) is -3.68. The smallest absolute Gasteiger partial charge is 0.276 e. The Morgan fingerprint density at radius 1 is 1.18 bits per heavy atom. The molecule has 2 aromatic rings. The van der Waals surface area contributed by atoms with Crippen LogP contribution < -0.4 is 9.57 Å². The molecule has 0 saturated carbocycles. The summed E-state index contributed by atoms with van der Waals surface area (Å²) in [5, 5.41) is 3.80. The van der Waals surface area contributed by atoms with Gasteiger partial charge >= 0.3 is 0 Å². The van der Waals surface area contributed by atoms with Crippen molar-refractivity contribution in [2.45, 2.75) is 11.8 Å². The number of rotatable bonds is 6. The number of sulfonamides is 1. The van der Waals surface area contributed by atoms with Gasteiger partial charge in [0.2, 0.25) is 0 Å². The van der Waals surface area contributed by atoms with Gasteiger partial charge in [0.15, 0.2) is 0 Å². The second-order valence-electron chi connectivity index (χ2n) is 4.28. The van der Waals surface area contributed by atoms with Crippen molar-refractivity contribution in [3.8, 4) is 5.75 Å². The van der Waals surface area contributed by atoms with Crippen molar-refractivity contribution in [3.63, 3.8) is 0 Å². The van der Waals surface area contributed by atoms with E-state index in [0.717, 1.165) is 4.47 Å². The van der Waals surface area contributed by atoms with Crippen molar-refractivity contribution in [1.82, 2.24) is 4.83 Å². The van der Waals surface area contributed by atoms with Crippen molar-refractivity contribution >= 4 is 32.2 Å². The number of nitrogens with one attached hydrogen (secondary N) is 1. The average Bonchev–Trinajstić information content (AvgIpc) is 2.49. The summed E-state index contributed by atoms with van der Waals surface area (Å²) >= 11 is 3.26. The van der Waals surface area contributed by atoms with Crippen LogP contribution in [0.1, 0.15) is 12.5 Å². The van der Waals surface area contributed by atoms with Crippen LogP contribution in [0.2, 0.25) is 0 Å². The highest BCUT2D eigenvalue weighted by atomic mass is 79.9. The van der Waals surface area contributed by atoms with Crippen LogP contribution in [0.15, 0.2) is 63.0 Å². The third kappa shape index (κ3) is 4.32. The van der Waals surface area contributed by atoms with E-state index in [-0.39, 0.29) is 4.90 Å². The lowest BCUT2D eigenvalue weighted by atomic mass is 10.2. The molecule has 0 unspecified atom stereocenters. The van der Waals surface area contributed by atoms with Gasteiger partial charge in [-0.05, 0) is 43.3 Å². The van der Waals surface area contributed by atoms with E-state index in [2.05, 4.69) is 25.9 Å². The lowest BCUT2D eigenvalue weighted by molar-refractivity contribution is 0.340. The minimum atomic E-state index is -3.68. The van der Waals surface area contributed by atoms with Crippen LogP contribution in [0.5, 0.6) is 5.75 Å². The molecular weight excluding hydrogens is 368 g/mol. The van der Waals surface area contributed by atoms with Gasteiger partial charge < -0.3 is 4.74 Å². The zero-order valence-corrected chi connectivity index (χ0v) is 14.3. The summed E-state index contributed by atoms with van der Waals surface area (Å²) in [6.45, 7) is 2.40. The van der Waals surface area contributed by atoms with E-state index in [9.17, 15) is 8.42 Å². The van der Waals surface area contributed by atoms with E-state index in [0.29, 0.717) is 17.9 Å². The van der Waals surface area contributed by atoms with Crippen molar-refractivity contribution in [1.29, 1.82) is 0 Å².